The van der Waals surface area contributed by atoms with E-state index in [2.05, 4.69) is 37.9 Å². The van der Waals surface area contributed by atoms with Crippen LogP contribution in [0.1, 0.15) is 56.5 Å². The Balaban J connectivity index is 1.33. The van der Waals surface area contributed by atoms with E-state index in [9.17, 15) is 4.79 Å². The number of aromatic amines is 1. The van der Waals surface area contributed by atoms with E-state index in [1.165, 1.54) is 17.5 Å². The van der Waals surface area contributed by atoms with Crippen LogP contribution >= 0.6 is 11.6 Å². The van der Waals surface area contributed by atoms with Crippen LogP contribution in [-0.4, -0.2) is 40.7 Å². The number of carbonyl (C=O) groups is 1. The average Bonchev–Trinajstić information content (AvgIpc) is 3.25. The summed E-state index contributed by atoms with van der Waals surface area (Å²) in [5, 5.41) is 0.688. The molecular weight excluding hydrogens is 462 g/mol. The quantitative estimate of drug-likeness (QED) is 0.348. The molecule has 1 aliphatic rings. The molecule has 4 rings (SSSR count). The minimum absolute atomic E-state index is 0.159. The number of hydrogen-bond donors (Lipinski definition) is 1. The number of piperidine rings is 1. The highest BCUT2D eigenvalue weighted by atomic mass is 35.5. The van der Waals surface area contributed by atoms with Crippen LogP contribution in [0.25, 0.3) is 11.0 Å². The fourth-order valence-corrected chi connectivity index (χ4v) is 4.84. The van der Waals surface area contributed by atoms with Gasteiger partial charge in [-0.15, -0.1) is 0 Å². The Bertz CT molecular complexity index is 1130. The fourth-order valence-electron chi connectivity index (χ4n) is 4.72. The molecule has 2 aromatic carbocycles. The Morgan fingerprint density at radius 1 is 1.26 bits per heavy atom. The second kappa shape index (κ2) is 11.8. The van der Waals surface area contributed by atoms with Crippen LogP contribution in [0.2, 0.25) is 5.02 Å². The Hall–Kier alpha value is -2.73. The summed E-state index contributed by atoms with van der Waals surface area (Å²) in [6.45, 7) is 8.71. The molecule has 188 valence electrons. The minimum Gasteiger partial charge on any atom is -0.486 e. The molecule has 0 saturated carbocycles. The second-order valence-corrected chi connectivity index (χ2v) is 10.5. The number of hydrogen-bond acceptors (Lipinski definition) is 4. The lowest BCUT2D eigenvalue weighted by Gasteiger charge is -2.32. The van der Waals surface area contributed by atoms with Crippen molar-refractivity contribution in [2.75, 3.05) is 19.7 Å². The molecule has 1 saturated heterocycles. The Morgan fingerprint density at radius 3 is 2.83 bits per heavy atom. The number of imidazole rings is 1. The molecule has 6 nitrogen and oxygen atoms in total. The van der Waals surface area contributed by atoms with Crippen molar-refractivity contribution in [2.45, 2.75) is 59.5 Å². The molecule has 1 amide bonds. The van der Waals surface area contributed by atoms with Gasteiger partial charge in [0.15, 0.2) is 0 Å². The smallest absolute Gasteiger partial charge is 0.409 e. The van der Waals surface area contributed by atoms with Crippen LogP contribution in [0, 0.1) is 18.8 Å². The number of aryl methyl sites for hydroxylation is 2. The average molecular weight is 498 g/mol. The number of likely N-dealkylation sites (tertiary alicyclic amines) is 1. The molecule has 1 unspecified atom stereocenters. The van der Waals surface area contributed by atoms with Gasteiger partial charge in [-0.1, -0.05) is 31.5 Å². The van der Waals surface area contributed by atoms with Gasteiger partial charge in [-0.3, -0.25) is 0 Å². The Kier molecular flexibility index (Phi) is 8.55. The summed E-state index contributed by atoms with van der Waals surface area (Å²) in [7, 11) is 0. The van der Waals surface area contributed by atoms with Gasteiger partial charge in [0.1, 0.15) is 18.2 Å². The Labute approximate surface area is 213 Å². The fraction of sp³-hybridized carbons (Fsp3) is 0.500. The van der Waals surface area contributed by atoms with Gasteiger partial charge in [0.2, 0.25) is 0 Å². The van der Waals surface area contributed by atoms with Gasteiger partial charge in [-0.25, -0.2) is 9.78 Å². The van der Waals surface area contributed by atoms with Crippen molar-refractivity contribution < 1.29 is 14.3 Å². The van der Waals surface area contributed by atoms with E-state index in [0.29, 0.717) is 30.1 Å². The van der Waals surface area contributed by atoms with Crippen LogP contribution in [-0.2, 0) is 17.8 Å². The SMILES string of the molecule is Cc1cc(CCCC2CCCN(C(=O)OCC(C)C)C2)c2nc(COc3ccc(Cl)cc3)[nH]c2c1. The highest BCUT2D eigenvalue weighted by molar-refractivity contribution is 6.30. The van der Waals surface area contributed by atoms with Crippen molar-refractivity contribution >= 4 is 28.7 Å². The lowest BCUT2D eigenvalue weighted by atomic mass is 9.91. The molecule has 2 heterocycles. The summed E-state index contributed by atoms with van der Waals surface area (Å²) in [6, 6.07) is 11.7. The molecule has 1 aromatic heterocycles. The zero-order valence-corrected chi connectivity index (χ0v) is 21.7. The summed E-state index contributed by atoms with van der Waals surface area (Å²) in [4.78, 5) is 22.5. The van der Waals surface area contributed by atoms with Crippen molar-refractivity contribution in [3.05, 3.63) is 58.4 Å². The molecule has 1 aliphatic heterocycles. The predicted molar refractivity (Wildman–Crippen MR) is 140 cm³/mol. The van der Waals surface area contributed by atoms with Crippen molar-refractivity contribution in [1.29, 1.82) is 0 Å². The van der Waals surface area contributed by atoms with E-state index >= 15 is 0 Å². The van der Waals surface area contributed by atoms with E-state index in [1.807, 2.05) is 29.2 Å². The van der Waals surface area contributed by atoms with E-state index in [4.69, 9.17) is 26.1 Å². The van der Waals surface area contributed by atoms with Gasteiger partial charge in [0, 0.05) is 18.1 Å². The largest absolute Gasteiger partial charge is 0.486 e. The Morgan fingerprint density at radius 2 is 2.06 bits per heavy atom. The zero-order chi connectivity index (χ0) is 24.8. The van der Waals surface area contributed by atoms with Crippen molar-refractivity contribution in [3.8, 4) is 5.75 Å². The van der Waals surface area contributed by atoms with Crippen molar-refractivity contribution in [1.82, 2.24) is 14.9 Å². The van der Waals surface area contributed by atoms with Gasteiger partial charge in [-0.2, -0.15) is 0 Å². The summed E-state index contributed by atoms with van der Waals surface area (Å²) in [6.07, 6.45) is 5.20. The second-order valence-electron chi connectivity index (χ2n) is 10.1. The number of halogens is 1. The van der Waals surface area contributed by atoms with Crippen LogP contribution in [0.15, 0.2) is 36.4 Å². The molecule has 0 radical (unpaired) electrons. The summed E-state index contributed by atoms with van der Waals surface area (Å²) < 4.78 is 11.3. The predicted octanol–water partition coefficient (Wildman–Crippen LogP) is 6.93. The summed E-state index contributed by atoms with van der Waals surface area (Å²) in [5.41, 5.74) is 4.55. The molecule has 1 fully saturated rings. The first-order valence-electron chi connectivity index (χ1n) is 12.7. The number of rotatable bonds is 9. The highest BCUT2D eigenvalue weighted by Crippen LogP contribution is 2.26. The maximum atomic E-state index is 12.4. The van der Waals surface area contributed by atoms with E-state index < -0.39 is 0 Å². The third kappa shape index (κ3) is 7.14. The number of H-pyrrole nitrogens is 1. The van der Waals surface area contributed by atoms with E-state index in [-0.39, 0.29) is 6.09 Å². The number of nitrogens with zero attached hydrogens (tertiary/aromatic N) is 2. The van der Waals surface area contributed by atoms with Crippen molar-refractivity contribution in [2.24, 2.45) is 11.8 Å². The number of benzene rings is 2. The summed E-state index contributed by atoms with van der Waals surface area (Å²) >= 11 is 5.95. The standard InChI is InChI=1S/C28H36ClN3O3/c1-19(2)17-35-28(33)32-13-5-7-21(16-32)6-4-8-22-14-20(3)15-25-27(22)31-26(30-25)18-34-24-11-9-23(29)10-12-24/h9-12,14-15,19,21H,4-8,13,16-18H2,1-3H3,(H,30,31). The summed E-state index contributed by atoms with van der Waals surface area (Å²) in [5.74, 6) is 2.46. The number of aromatic nitrogens is 2. The number of fused-ring (bicyclic) bond motifs is 1. The first-order valence-corrected chi connectivity index (χ1v) is 13.0. The maximum Gasteiger partial charge on any atom is 0.409 e. The van der Waals surface area contributed by atoms with Gasteiger partial charge < -0.3 is 19.4 Å². The lowest BCUT2D eigenvalue weighted by molar-refractivity contribution is 0.0747. The monoisotopic (exact) mass is 497 g/mol. The van der Waals surface area contributed by atoms with Gasteiger partial charge in [0.25, 0.3) is 0 Å². The normalized spacial score (nSPS) is 16.1. The van der Waals surface area contributed by atoms with Crippen LogP contribution in [0.4, 0.5) is 4.79 Å². The molecular formula is C28H36ClN3O3. The third-order valence-corrected chi connectivity index (χ3v) is 6.68. The van der Waals surface area contributed by atoms with Crippen LogP contribution < -0.4 is 4.74 Å². The van der Waals surface area contributed by atoms with E-state index in [1.54, 1.807) is 0 Å². The topological polar surface area (TPSA) is 67.5 Å². The molecule has 7 heteroatoms. The van der Waals surface area contributed by atoms with Gasteiger partial charge in [0.05, 0.1) is 17.6 Å². The van der Waals surface area contributed by atoms with Gasteiger partial charge >= 0.3 is 6.09 Å². The third-order valence-electron chi connectivity index (χ3n) is 6.42. The molecule has 0 aliphatic carbocycles. The maximum absolute atomic E-state index is 12.4. The molecule has 0 bridgehead atoms. The zero-order valence-electron chi connectivity index (χ0n) is 21.0. The minimum atomic E-state index is -0.159. The van der Waals surface area contributed by atoms with Crippen molar-refractivity contribution in [3.63, 3.8) is 0 Å². The number of carbonyl (C=O) groups excluding carboxylic acids is 1. The number of ether oxygens (including phenoxy) is 2. The van der Waals surface area contributed by atoms with Gasteiger partial charge in [-0.05, 0) is 92.3 Å². The van der Waals surface area contributed by atoms with Crippen LogP contribution in [0.5, 0.6) is 5.75 Å². The first-order chi connectivity index (χ1) is 16.9. The molecule has 1 N–H and O–H groups in total. The molecule has 3 aromatic rings. The lowest BCUT2D eigenvalue weighted by Crippen LogP contribution is -2.40. The van der Waals surface area contributed by atoms with Crippen LogP contribution in [0.3, 0.4) is 0 Å². The molecule has 0 spiro atoms. The molecule has 1 atom stereocenters. The highest BCUT2D eigenvalue weighted by Gasteiger charge is 2.24. The number of amides is 1. The van der Waals surface area contributed by atoms with E-state index in [0.717, 1.165) is 61.4 Å². The first kappa shape index (κ1) is 25.4. The number of nitrogens with one attached hydrogen (secondary N) is 1. The molecule has 35 heavy (non-hydrogen) atoms.